The van der Waals surface area contributed by atoms with Gasteiger partial charge >= 0.3 is 0 Å². The van der Waals surface area contributed by atoms with E-state index in [1.165, 1.54) is 24.3 Å². The van der Waals surface area contributed by atoms with Gasteiger partial charge in [-0.2, -0.15) is 0 Å². The van der Waals surface area contributed by atoms with E-state index in [1.54, 1.807) is 32.0 Å². The van der Waals surface area contributed by atoms with Crippen LogP contribution in [0.15, 0.2) is 47.4 Å². The highest BCUT2D eigenvalue weighted by Gasteiger charge is 2.19. The van der Waals surface area contributed by atoms with E-state index in [0.717, 1.165) is 0 Å². The number of rotatable bonds is 5. The number of ether oxygens (including phenoxy) is 1. The van der Waals surface area contributed by atoms with Gasteiger partial charge in [0.15, 0.2) is 0 Å². The Hall–Kier alpha value is -1.76. The summed E-state index contributed by atoms with van der Waals surface area (Å²) in [7, 11) is -3.90. The lowest BCUT2D eigenvalue weighted by Crippen LogP contribution is -2.33. The normalized spacial score (nSPS) is 11.4. The maximum Gasteiger partial charge on any atom is 0.264 e. The molecule has 0 saturated carbocycles. The number of sulfonamides is 1. The van der Waals surface area contributed by atoms with Crippen molar-refractivity contribution in [3.05, 3.63) is 52.5 Å². The highest BCUT2D eigenvalue weighted by molar-refractivity contribution is 7.90. The fraction of sp³-hybridized carbons (Fsp3) is 0.188. The van der Waals surface area contributed by atoms with E-state index in [4.69, 9.17) is 27.9 Å². The first-order chi connectivity index (χ1) is 11.2. The zero-order valence-electron chi connectivity index (χ0n) is 12.9. The van der Waals surface area contributed by atoms with Gasteiger partial charge in [-0.1, -0.05) is 37.0 Å². The van der Waals surface area contributed by atoms with Crippen LogP contribution < -0.4 is 9.46 Å². The van der Waals surface area contributed by atoms with E-state index >= 15 is 0 Å². The fourth-order valence-electron chi connectivity index (χ4n) is 1.67. The predicted octanol–water partition coefficient (Wildman–Crippen LogP) is 4.25. The number of carbonyl (C=O) groups excluding carboxylic acids is 1. The zero-order chi connectivity index (χ0) is 17.9. The van der Waals surface area contributed by atoms with Crippen LogP contribution in [0.1, 0.15) is 13.8 Å². The smallest absolute Gasteiger partial charge is 0.264 e. The molecule has 0 bridgehead atoms. The summed E-state index contributed by atoms with van der Waals surface area (Å²) in [5, 5.41) is 0.760. The van der Waals surface area contributed by atoms with Crippen LogP contribution in [0.3, 0.4) is 0 Å². The fourth-order valence-corrected chi connectivity index (χ4v) is 3.07. The molecular formula is C16H15Cl2NO4S. The lowest BCUT2D eigenvalue weighted by atomic mass is 10.2. The minimum Gasteiger partial charge on any atom is -0.457 e. The number of hydrogen-bond donors (Lipinski definition) is 1. The quantitative estimate of drug-likeness (QED) is 0.831. The standard InChI is InChI=1S/C16H15Cl2NO4S/c1-10(2)16(20)19-24(21,22)13-6-3-11(4-7-13)23-12-5-8-14(17)15(18)9-12/h3-10H,1-2H3,(H,19,20). The summed E-state index contributed by atoms with van der Waals surface area (Å²) in [6.07, 6.45) is 0. The molecular weight excluding hydrogens is 373 g/mol. The molecule has 8 heteroatoms. The summed E-state index contributed by atoms with van der Waals surface area (Å²) in [4.78, 5) is 11.5. The van der Waals surface area contributed by atoms with Crippen LogP contribution in [-0.4, -0.2) is 14.3 Å². The van der Waals surface area contributed by atoms with Crippen LogP contribution in [0, 0.1) is 5.92 Å². The minimum absolute atomic E-state index is 0.0296. The minimum atomic E-state index is -3.90. The molecule has 0 fully saturated rings. The summed E-state index contributed by atoms with van der Waals surface area (Å²) >= 11 is 11.7. The van der Waals surface area contributed by atoms with Gasteiger partial charge in [0.1, 0.15) is 11.5 Å². The van der Waals surface area contributed by atoms with E-state index in [2.05, 4.69) is 0 Å². The molecule has 128 valence electrons. The lowest BCUT2D eigenvalue weighted by Gasteiger charge is -2.10. The highest BCUT2D eigenvalue weighted by Crippen LogP contribution is 2.29. The first kappa shape index (κ1) is 18.6. The van der Waals surface area contributed by atoms with Crippen LogP contribution >= 0.6 is 23.2 Å². The molecule has 2 rings (SSSR count). The molecule has 2 aromatic carbocycles. The Morgan fingerprint density at radius 2 is 1.58 bits per heavy atom. The first-order valence-corrected chi connectivity index (χ1v) is 9.22. The van der Waals surface area contributed by atoms with Gasteiger partial charge in [-0.15, -0.1) is 0 Å². The van der Waals surface area contributed by atoms with Crippen LogP contribution in [0.4, 0.5) is 0 Å². The van der Waals surface area contributed by atoms with Crippen molar-refractivity contribution in [1.82, 2.24) is 4.72 Å². The second kappa shape index (κ2) is 7.42. The number of nitrogens with one attached hydrogen (secondary N) is 1. The Bertz CT molecular complexity index is 849. The van der Waals surface area contributed by atoms with Gasteiger partial charge in [0, 0.05) is 12.0 Å². The average Bonchev–Trinajstić information content (AvgIpc) is 2.51. The average molecular weight is 388 g/mol. The van der Waals surface area contributed by atoms with Crippen molar-refractivity contribution in [2.75, 3.05) is 0 Å². The maximum atomic E-state index is 12.1. The van der Waals surface area contributed by atoms with Gasteiger partial charge in [0.2, 0.25) is 5.91 Å². The number of halogens is 2. The highest BCUT2D eigenvalue weighted by atomic mass is 35.5. The molecule has 0 aromatic heterocycles. The Morgan fingerprint density at radius 1 is 1.00 bits per heavy atom. The molecule has 1 amide bonds. The monoisotopic (exact) mass is 387 g/mol. The van der Waals surface area contributed by atoms with Crippen LogP contribution in [0.25, 0.3) is 0 Å². The molecule has 0 heterocycles. The van der Waals surface area contributed by atoms with Gasteiger partial charge in [0.05, 0.1) is 14.9 Å². The van der Waals surface area contributed by atoms with Gasteiger partial charge in [-0.05, 0) is 36.4 Å². The summed E-state index contributed by atoms with van der Waals surface area (Å²) in [6.45, 7) is 3.22. The Balaban J connectivity index is 2.15. The van der Waals surface area contributed by atoms with Crippen molar-refractivity contribution in [3.8, 4) is 11.5 Å². The van der Waals surface area contributed by atoms with Gasteiger partial charge < -0.3 is 4.74 Å². The molecule has 24 heavy (non-hydrogen) atoms. The third-order valence-electron chi connectivity index (χ3n) is 3.02. The third kappa shape index (κ3) is 4.63. The van der Waals surface area contributed by atoms with Crippen molar-refractivity contribution >= 4 is 39.1 Å². The summed E-state index contributed by atoms with van der Waals surface area (Å²) in [6, 6.07) is 10.5. The lowest BCUT2D eigenvalue weighted by molar-refractivity contribution is -0.122. The molecule has 2 aromatic rings. The zero-order valence-corrected chi connectivity index (χ0v) is 15.2. The van der Waals surface area contributed by atoms with Crippen molar-refractivity contribution < 1.29 is 17.9 Å². The number of amides is 1. The van der Waals surface area contributed by atoms with E-state index in [9.17, 15) is 13.2 Å². The molecule has 1 N–H and O–H groups in total. The van der Waals surface area contributed by atoms with Gasteiger partial charge in [-0.25, -0.2) is 13.1 Å². The van der Waals surface area contributed by atoms with Gasteiger partial charge in [-0.3, -0.25) is 4.79 Å². The second-order valence-corrected chi connectivity index (χ2v) is 7.77. The van der Waals surface area contributed by atoms with Crippen molar-refractivity contribution in [1.29, 1.82) is 0 Å². The summed E-state index contributed by atoms with van der Waals surface area (Å²) < 4.78 is 31.8. The SMILES string of the molecule is CC(C)C(=O)NS(=O)(=O)c1ccc(Oc2ccc(Cl)c(Cl)c2)cc1. The third-order valence-corrected chi connectivity index (χ3v) is 5.12. The molecule has 0 atom stereocenters. The maximum absolute atomic E-state index is 12.1. The van der Waals surface area contributed by atoms with Crippen LogP contribution in [0.2, 0.25) is 10.0 Å². The molecule has 0 radical (unpaired) electrons. The molecule has 0 aliphatic rings. The van der Waals surface area contributed by atoms with E-state index in [1.807, 2.05) is 4.72 Å². The second-order valence-electron chi connectivity index (χ2n) is 5.27. The van der Waals surface area contributed by atoms with Crippen molar-refractivity contribution in [3.63, 3.8) is 0 Å². The van der Waals surface area contributed by atoms with E-state index in [0.29, 0.717) is 21.5 Å². The van der Waals surface area contributed by atoms with Crippen LogP contribution in [-0.2, 0) is 14.8 Å². The molecule has 0 saturated heterocycles. The number of benzene rings is 2. The first-order valence-electron chi connectivity index (χ1n) is 6.98. The summed E-state index contributed by atoms with van der Waals surface area (Å²) in [5.74, 6) is -0.112. The molecule has 0 spiro atoms. The molecule has 0 aliphatic carbocycles. The molecule has 0 aliphatic heterocycles. The molecule has 0 unspecified atom stereocenters. The molecule has 5 nitrogen and oxygen atoms in total. The van der Waals surface area contributed by atoms with Gasteiger partial charge in [0.25, 0.3) is 10.0 Å². The van der Waals surface area contributed by atoms with Crippen LogP contribution in [0.5, 0.6) is 11.5 Å². The predicted molar refractivity (Wildman–Crippen MR) is 93.1 cm³/mol. The summed E-state index contributed by atoms with van der Waals surface area (Å²) in [5.41, 5.74) is 0. The van der Waals surface area contributed by atoms with Crippen molar-refractivity contribution in [2.45, 2.75) is 18.7 Å². The van der Waals surface area contributed by atoms with E-state index < -0.39 is 21.8 Å². The number of carbonyl (C=O) groups is 1. The topological polar surface area (TPSA) is 72.5 Å². The largest absolute Gasteiger partial charge is 0.457 e. The van der Waals surface area contributed by atoms with Crippen molar-refractivity contribution in [2.24, 2.45) is 5.92 Å². The number of hydrogen-bond acceptors (Lipinski definition) is 4. The Kier molecular flexibility index (Phi) is 5.74. The van der Waals surface area contributed by atoms with E-state index in [-0.39, 0.29) is 4.90 Å². The Morgan fingerprint density at radius 3 is 2.12 bits per heavy atom. The Labute approximate surface area is 150 Å².